The first-order valence-corrected chi connectivity index (χ1v) is 3.26. The van der Waals surface area contributed by atoms with Crippen LogP contribution in [0.3, 0.4) is 0 Å². The summed E-state index contributed by atoms with van der Waals surface area (Å²) in [6.07, 6.45) is -9.17. The summed E-state index contributed by atoms with van der Waals surface area (Å²) < 4.78 is 0. The van der Waals surface area contributed by atoms with Crippen LogP contribution in [0.5, 0.6) is 0 Å². The van der Waals surface area contributed by atoms with E-state index in [-0.39, 0.29) is 411 Å². The molecule has 0 atom stereocenters. The first kappa shape index (κ1) is 83.2. The van der Waals surface area contributed by atoms with Crippen LogP contribution < -0.4 is 0 Å². The first-order valence-electron chi connectivity index (χ1n) is 3.26. The van der Waals surface area contributed by atoms with Gasteiger partial charge in [-0.1, -0.05) is 0 Å². The monoisotopic (exact) mass is 630 g/mol. The van der Waals surface area contributed by atoms with Crippen molar-refractivity contribution >= 4 is 442 Å². The molecule has 0 amide bonds. The van der Waals surface area contributed by atoms with Crippen molar-refractivity contribution in [2.75, 3.05) is 0 Å². The zero-order valence-corrected chi connectivity index (χ0v) is 9.01. The van der Waals surface area contributed by atoms with Crippen LogP contribution in [0.15, 0.2) is 0 Å². The van der Waals surface area contributed by atoms with E-state index < -0.39 is 30.8 Å². The molecule has 28 heavy (non-hydrogen) atoms. The maximum atomic E-state index is 8.56. The normalized spacial score (nSPS) is 4.29. The van der Waals surface area contributed by atoms with Gasteiger partial charge in [-0.2, -0.15) is 0 Å². The topological polar surface area (TPSA) is 288 Å². The van der Waals surface area contributed by atoms with E-state index in [1.807, 2.05) is 0 Å². The predicted molar refractivity (Wildman–Crippen MR) is 110 cm³/mol. The summed E-state index contributed by atoms with van der Waals surface area (Å²) in [7, 11) is 0. The molecule has 136 valence electrons. The van der Waals surface area contributed by atoms with Gasteiger partial charge in [0.2, 0.25) is 0 Å². The average Bonchev–Trinajstić information content (AvgIpc) is 1.94. The molecule has 15 nitrogen and oxygen atoms in total. The summed E-state index contributed by atoms with van der Waals surface area (Å²) in [5.74, 6) is 0. The van der Waals surface area contributed by atoms with Crippen molar-refractivity contribution in [3.05, 3.63) is 0 Å². The summed E-state index contributed by atoms with van der Waals surface area (Å²) >= 11 is 0. The number of carboxylic acid groups (broad SMARTS) is 10. The van der Waals surface area contributed by atoms with Gasteiger partial charge >= 0.3 is 442 Å². The molecule has 0 fully saturated rings. The van der Waals surface area contributed by atoms with Gasteiger partial charge in [0.15, 0.2) is 0 Å². The fourth-order valence-corrected chi connectivity index (χ4v) is 0. The Morgan fingerprint density at radius 1 is 0.250 bits per heavy atom. The molecule has 0 heterocycles. The second kappa shape index (κ2) is 76.6. The molecule has 0 aliphatic rings. The van der Waals surface area contributed by atoms with E-state index in [1.165, 1.54) is 0 Å². The Bertz CT molecular complexity index is 225. The Hall–Kier alpha value is 9.44. The van der Waals surface area contributed by atoms with Crippen LogP contribution in [-0.4, -0.2) is 493 Å². The summed E-state index contributed by atoms with van der Waals surface area (Å²) in [4.78, 5) is 42.8. The molecule has 0 aromatic carbocycles. The van der Waals surface area contributed by atoms with Crippen LogP contribution in [0.2, 0.25) is 0 Å². The number of hydrogen-bond acceptors (Lipinski definition) is 5. The van der Waals surface area contributed by atoms with E-state index in [2.05, 4.69) is 0 Å². The van der Waals surface area contributed by atoms with Gasteiger partial charge in [0.1, 0.15) is 0 Å². The third-order valence-electron chi connectivity index (χ3n) is 0. The molecular formula is C5H18K8O15. The summed E-state index contributed by atoms with van der Waals surface area (Å²) in [6.45, 7) is 0. The van der Waals surface area contributed by atoms with Crippen molar-refractivity contribution in [1.82, 2.24) is 0 Å². The van der Waals surface area contributed by atoms with Crippen molar-refractivity contribution in [2.24, 2.45) is 0 Å². The van der Waals surface area contributed by atoms with Crippen LogP contribution >= 0.6 is 0 Å². The Morgan fingerprint density at radius 3 is 0.250 bits per heavy atom. The molecule has 0 aliphatic heterocycles. The van der Waals surface area contributed by atoms with Gasteiger partial charge < -0.3 is 51.1 Å². The minimum atomic E-state index is -1.83. The summed E-state index contributed by atoms with van der Waals surface area (Å²) in [5.41, 5.74) is 0. The van der Waals surface area contributed by atoms with E-state index >= 15 is 0 Å². The molecule has 0 aliphatic carbocycles. The molecule has 0 unspecified atom stereocenters. The van der Waals surface area contributed by atoms with Crippen molar-refractivity contribution in [2.45, 2.75) is 0 Å². The van der Waals surface area contributed by atoms with Gasteiger partial charge in [-0.3, -0.25) is 0 Å². The molecule has 0 aromatic heterocycles. The predicted octanol–water partition coefficient (Wildman–Crippen LogP) is -4.08. The fourth-order valence-electron chi connectivity index (χ4n) is 0. The second-order valence-electron chi connectivity index (χ2n) is 1.41. The molecule has 0 spiro atoms. The zero-order chi connectivity index (χ0) is 17.9. The third-order valence-corrected chi connectivity index (χ3v) is 0. The quantitative estimate of drug-likeness (QED) is 0.114. The van der Waals surface area contributed by atoms with E-state index in [0.717, 1.165) is 0 Å². The molecular weight excluding hydrogens is 613 g/mol. The number of hydrogen-bond donors (Lipinski definition) is 10. The number of rotatable bonds is 0. The van der Waals surface area contributed by atoms with Crippen molar-refractivity contribution in [3.8, 4) is 0 Å². The number of carbonyl (C=O) groups is 5. The van der Waals surface area contributed by atoms with Gasteiger partial charge in [0.05, 0.1) is 0 Å². The zero-order valence-electron chi connectivity index (χ0n) is 9.01. The standard InChI is InChI=1S/5CH2O3.8K.8H/c5*2-1(3)4;;;;;;;;;;;;;;;;/h5*(H2,2,3,4);;;;;;;;;;;;;;;;. The van der Waals surface area contributed by atoms with Gasteiger partial charge in [-0.15, -0.1) is 0 Å². The Kier molecular flexibility index (Phi) is 228. The Labute approximate surface area is 498 Å². The summed E-state index contributed by atoms with van der Waals surface area (Å²) in [5, 5.41) is 69.7. The maximum absolute atomic E-state index is 8.56. The molecule has 10 N–H and O–H groups in total. The molecule has 0 saturated heterocycles. The van der Waals surface area contributed by atoms with Crippen LogP contribution in [0.4, 0.5) is 24.0 Å². The van der Waals surface area contributed by atoms with Crippen molar-refractivity contribution < 1.29 is 75.0 Å². The molecule has 23 heteroatoms. The van der Waals surface area contributed by atoms with Crippen molar-refractivity contribution in [3.63, 3.8) is 0 Å². The van der Waals surface area contributed by atoms with Crippen molar-refractivity contribution in [1.29, 1.82) is 0 Å². The third kappa shape index (κ3) is 472. The Balaban J connectivity index is -0.00000000852. The van der Waals surface area contributed by atoms with Crippen LogP contribution in [0.25, 0.3) is 0 Å². The first-order chi connectivity index (χ1) is 8.66. The van der Waals surface area contributed by atoms with Crippen LogP contribution in [0, 0.1) is 0 Å². The molecule has 0 radical (unpaired) electrons. The van der Waals surface area contributed by atoms with Gasteiger partial charge in [0.25, 0.3) is 0 Å². The molecule has 0 bridgehead atoms. The SMILES string of the molecule is O=C(O)O.O=C(O)O.O=C(O)O.O=C(O)O.O=C(O)O.[KH].[KH].[KH].[KH].[KH].[KH].[KH].[KH]. The van der Waals surface area contributed by atoms with Gasteiger partial charge in [-0.25, -0.2) is 24.0 Å². The van der Waals surface area contributed by atoms with E-state index in [1.54, 1.807) is 0 Å². The van der Waals surface area contributed by atoms with Gasteiger partial charge in [0, 0.05) is 0 Å². The van der Waals surface area contributed by atoms with Crippen LogP contribution in [0.1, 0.15) is 0 Å². The Morgan fingerprint density at radius 2 is 0.250 bits per heavy atom. The molecule has 0 aromatic rings. The molecule has 0 rings (SSSR count). The second-order valence-corrected chi connectivity index (χ2v) is 1.41. The van der Waals surface area contributed by atoms with Crippen LogP contribution in [-0.2, 0) is 0 Å². The van der Waals surface area contributed by atoms with E-state index in [4.69, 9.17) is 75.0 Å². The summed E-state index contributed by atoms with van der Waals surface area (Å²) in [6, 6.07) is 0. The van der Waals surface area contributed by atoms with E-state index in [0.29, 0.717) is 0 Å². The van der Waals surface area contributed by atoms with Gasteiger partial charge in [-0.05, 0) is 0 Å². The minimum absolute atomic E-state index is 0. The molecule has 0 saturated carbocycles. The average molecular weight is 631 g/mol. The fraction of sp³-hybridized carbons (Fsp3) is 0. The van der Waals surface area contributed by atoms with E-state index in [9.17, 15) is 0 Å².